The van der Waals surface area contributed by atoms with Crippen LogP contribution in [-0.2, 0) is 10.9 Å². The molecule has 0 radical (unpaired) electrons. The van der Waals surface area contributed by atoms with Gasteiger partial charge in [-0.25, -0.2) is 0 Å². The van der Waals surface area contributed by atoms with Crippen LogP contribution in [0.5, 0.6) is 0 Å². The number of Topliss-reactive ketones (excluding diaryl/α,β-unsaturated/α-hetero) is 1. The van der Waals surface area contributed by atoms with Crippen LogP contribution in [0.1, 0.15) is 41.6 Å². The predicted octanol–water partition coefficient (Wildman–Crippen LogP) is 3.85. The summed E-state index contributed by atoms with van der Waals surface area (Å²) in [5.41, 5.74) is -1.70. The van der Waals surface area contributed by atoms with E-state index in [0.29, 0.717) is 0 Å². The lowest BCUT2D eigenvalue weighted by Crippen LogP contribution is -2.41. The Labute approximate surface area is 109 Å². The van der Waals surface area contributed by atoms with E-state index in [1.165, 1.54) is 25.3 Å². The van der Waals surface area contributed by atoms with Gasteiger partial charge in [-0.05, 0) is 25.3 Å². The Morgan fingerprint density at radius 2 is 1.95 bits per heavy atom. The minimum Gasteiger partial charge on any atom is -0.378 e. The van der Waals surface area contributed by atoms with E-state index in [1.807, 2.05) is 0 Å². The molecular formula is C14H15F3O2. The summed E-state index contributed by atoms with van der Waals surface area (Å²) in [5.74, 6) is -0.505. The fourth-order valence-corrected chi connectivity index (χ4v) is 2.39. The van der Waals surface area contributed by atoms with Gasteiger partial charge < -0.3 is 4.74 Å². The molecule has 0 bridgehead atoms. The Morgan fingerprint density at radius 3 is 2.42 bits per heavy atom. The molecule has 1 fully saturated rings. The minimum absolute atomic E-state index is 0.0105. The van der Waals surface area contributed by atoms with Crippen molar-refractivity contribution >= 4 is 5.78 Å². The highest BCUT2D eigenvalue weighted by Gasteiger charge is 2.41. The van der Waals surface area contributed by atoms with Crippen LogP contribution in [0.15, 0.2) is 24.3 Å². The zero-order valence-corrected chi connectivity index (χ0v) is 10.6. The molecule has 2 rings (SSSR count). The van der Waals surface area contributed by atoms with Crippen LogP contribution >= 0.6 is 0 Å². The van der Waals surface area contributed by atoms with Crippen molar-refractivity contribution in [2.24, 2.45) is 0 Å². The fourth-order valence-electron chi connectivity index (χ4n) is 2.39. The van der Waals surface area contributed by atoms with Gasteiger partial charge in [0, 0.05) is 19.1 Å². The summed E-state index contributed by atoms with van der Waals surface area (Å²) in [6.07, 6.45) is -2.10. The average Bonchev–Trinajstić information content (AvgIpc) is 2.32. The first-order valence-electron chi connectivity index (χ1n) is 6.13. The third kappa shape index (κ3) is 2.81. The maximum Gasteiger partial charge on any atom is 0.417 e. The summed E-state index contributed by atoms with van der Waals surface area (Å²) in [6, 6.07) is 4.90. The largest absolute Gasteiger partial charge is 0.417 e. The molecule has 2 nitrogen and oxygen atoms in total. The average molecular weight is 272 g/mol. The van der Waals surface area contributed by atoms with Crippen LogP contribution in [0, 0.1) is 0 Å². The maximum atomic E-state index is 12.8. The first kappa shape index (κ1) is 14.1. The van der Waals surface area contributed by atoms with E-state index in [-0.39, 0.29) is 12.0 Å². The normalized spacial score (nSPS) is 17.9. The minimum atomic E-state index is -4.51. The second-order valence-electron chi connectivity index (χ2n) is 4.88. The van der Waals surface area contributed by atoms with Gasteiger partial charge in [-0.15, -0.1) is 0 Å². The molecule has 19 heavy (non-hydrogen) atoms. The van der Waals surface area contributed by atoms with Crippen LogP contribution < -0.4 is 0 Å². The van der Waals surface area contributed by atoms with E-state index in [4.69, 9.17) is 4.74 Å². The lowest BCUT2D eigenvalue weighted by molar-refractivity contribution is -0.138. The number of carbonyl (C=O) groups excluding carboxylic acids is 1. The lowest BCUT2D eigenvalue weighted by atomic mass is 9.75. The molecule has 1 aliphatic carbocycles. The second kappa shape index (κ2) is 4.96. The highest BCUT2D eigenvalue weighted by atomic mass is 19.4. The number of benzene rings is 1. The molecule has 1 aromatic carbocycles. The van der Waals surface area contributed by atoms with Crippen molar-refractivity contribution in [2.75, 3.05) is 7.11 Å². The highest BCUT2D eigenvalue weighted by Crippen LogP contribution is 2.40. The van der Waals surface area contributed by atoms with Crippen LogP contribution in [0.4, 0.5) is 13.2 Å². The third-order valence-corrected chi connectivity index (χ3v) is 3.71. The van der Waals surface area contributed by atoms with Gasteiger partial charge in [0.05, 0.1) is 11.2 Å². The van der Waals surface area contributed by atoms with Crippen molar-refractivity contribution in [3.05, 3.63) is 35.4 Å². The Hall–Kier alpha value is -1.36. The monoisotopic (exact) mass is 272 g/mol. The lowest BCUT2D eigenvalue weighted by Gasteiger charge is -2.40. The fraction of sp³-hybridized carbons (Fsp3) is 0.500. The second-order valence-corrected chi connectivity index (χ2v) is 4.88. The SMILES string of the molecule is COC1(CC(=O)c2ccccc2C(F)(F)F)CCC1. The van der Waals surface area contributed by atoms with Gasteiger partial charge in [0.2, 0.25) is 0 Å². The number of halogens is 3. The maximum absolute atomic E-state index is 12.8. The topological polar surface area (TPSA) is 26.3 Å². The third-order valence-electron chi connectivity index (χ3n) is 3.71. The molecule has 104 valence electrons. The van der Waals surface area contributed by atoms with Gasteiger partial charge in [-0.3, -0.25) is 4.79 Å². The molecule has 0 saturated heterocycles. The van der Waals surface area contributed by atoms with E-state index >= 15 is 0 Å². The van der Waals surface area contributed by atoms with E-state index in [9.17, 15) is 18.0 Å². The summed E-state index contributed by atoms with van der Waals surface area (Å²) < 4.78 is 43.8. The van der Waals surface area contributed by atoms with E-state index < -0.39 is 23.1 Å². The van der Waals surface area contributed by atoms with Gasteiger partial charge in [0.25, 0.3) is 0 Å². The summed E-state index contributed by atoms with van der Waals surface area (Å²) in [5, 5.41) is 0. The van der Waals surface area contributed by atoms with Crippen molar-refractivity contribution in [1.82, 2.24) is 0 Å². The summed E-state index contributed by atoms with van der Waals surface area (Å²) in [7, 11) is 1.50. The number of hydrogen-bond acceptors (Lipinski definition) is 2. The molecule has 1 saturated carbocycles. The zero-order chi connectivity index (χ0) is 14.1. The van der Waals surface area contributed by atoms with Crippen LogP contribution in [0.2, 0.25) is 0 Å². The van der Waals surface area contributed by atoms with Crippen LogP contribution in [0.25, 0.3) is 0 Å². The van der Waals surface area contributed by atoms with Crippen molar-refractivity contribution in [2.45, 2.75) is 37.5 Å². The smallest absolute Gasteiger partial charge is 0.378 e. The number of ether oxygens (including phenoxy) is 1. The van der Waals surface area contributed by atoms with Gasteiger partial charge >= 0.3 is 6.18 Å². The van der Waals surface area contributed by atoms with E-state index in [2.05, 4.69) is 0 Å². The highest BCUT2D eigenvalue weighted by molar-refractivity contribution is 5.98. The molecule has 5 heteroatoms. The van der Waals surface area contributed by atoms with Crippen molar-refractivity contribution in [1.29, 1.82) is 0 Å². The quantitative estimate of drug-likeness (QED) is 0.778. The van der Waals surface area contributed by atoms with Crippen molar-refractivity contribution < 1.29 is 22.7 Å². The number of ketones is 1. The Balaban J connectivity index is 2.25. The van der Waals surface area contributed by atoms with Gasteiger partial charge in [0.1, 0.15) is 0 Å². The Morgan fingerprint density at radius 1 is 1.32 bits per heavy atom. The molecule has 0 aliphatic heterocycles. The molecule has 1 aromatic rings. The molecule has 1 aliphatic rings. The summed E-state index contributed by atoms with van der Waals surface area (Å²) >= 11 is 0. The predicted molar refractivity (Wildman–Crippen MR) is 64.0 cm³/mol. The standard InChI is InChI=1S/C14H15F3O2/c1-19-13(7-4-8-13)9-12(18)10-5-2-3-6-11(10)14(15,16)17/h2-3,5-6H,4,7-9H2,1H3. The molecule has 0 amide bonds. The van der Waals surface area contributed by atoms with Crippen LogP contribution in [-0.4, -0.2) is 18.5 Å². The summed E-state index contributed by atoms with van der Waals surface area (Å²) in [6.45, 7) is 0. The number of methoxy groups -OCH3 is 1. The molecule has 0 spiro atoms. The van der Waals surface area contributed by atoms with Crippen molar-refractivity contribution in [3.8, 4) is 0 Å². The summed E-state index contributed by atoms with van der Waals surface area (Å²) in [4.78, 5) is 12.1. The number of rotatable bonds is 4. The van der Waals surface area contributed by atoms with Gasteiger partial charge in [-0.2, -0.15) is 13.2 Å². The molecule has 0 N–H and O–H groups in total. The first-order valence-corrected chi connectivity index (χ1v) is 6.13. The Kier molecular flexibility index (Phi) is 3.67. The first-order chi connectivity index (χ1) is 8.88. The van der Waals surface area contributed by atoms with Crippen molar-refractivity contribution in [3.63, 3.8) is 0 Å². The van der Waals surface area contributed by atoms with Gasteiger partial charge in [-0.1, -0.05) is 18.2 Å². The molecule has 0 unspecified atom stereocenters. The van der Waals surface area contributed by atoms with E-state index in [0.717, 1.165) is 25.3 Å². The molecular weight excluding hydrogens is 257 g/mol. The Bertz CT molecular complexity index is 470. The number of hydrogen-bond donors (Lipinski definition) is 0. The van der Waals surface area contributed by atoms with Gasteiger partial charge in [0.15, 0.2) is 5.78 Å². The number of alkyl halides is 3. The van der Waals surface area contributed by atoms with E-state index in [1.54, 1.807) is 0 Å². The zero-order valence-electron chi connectivity index (χ0n) is 10.6. The number of carbonyl (C=O) groups is 1. The molecule has 0 atom stereocenters. The molecule has 0 aromatic heterocycles. The van der Waals surface area contributed by atoms with Crippen LogP contribution in [0.3, 0.4) is 0 Å². The molecule has 0 heterocycles.